The number of aliphatic hydroxyl groups excluding tert-OH is 2. The highest BCUT2D eigenvalue weighted by Crippen LogP contribution is 2.43. The van der Waals surface area contributed by atoms with Crippen molar-refractivity contribution in [1.29, 1.82) is 0 Å². The highest BCUT2D eigenvalue weighted by molar-refractivity contribution is 7.47. The summed E-state index contributed by atoms with van der Waals surface area (Å²) >= 11 is 0. The fraction of sp³-hybridized carbons (Fsp3) is 0.848. The van der Waals surface area contributed by atoms with E-state index in [1.165, 1.54) is 122 Å². The molecule has 0 saturated carbocycles. The lowest BCUT2D eigenvalue weighted by Gasteiger charge is -2.24. The van der Waals surface area contributed by atoms with E-state index in [-0.39, 0.29) is 19.6 Å². The van der Waals surface area contributed by atoms with Gasteiger partial charge in [0.2, 0.25) is 5.91 Å². The van der Waals surface area contributed by atoms with Crippen molar-refractivity contribution in [3.05, 3.63) is 36.5 Å². The Morgan fingerprint density at radius 3 is 1.52 bits per heavy atom. The zero-order valence-electron chi connectivity index (χ0n) is 36.2. The smallest absolute Gasteiger partial charge is 0.393 e. The van der Waals surface area contributed by atoms with Crippen LogP contribution in [-0.4, -0.2) is 59.0 Å². The van der Waals surface area contributed by atoms with Crippen molar-refractivity contribution in [3.63, 3.8) is 0 Å². The van der Waals surface area contributed by atoms with Crippen molar-refractivity contribution < 1.29 is 33.5 Å². The molecular formula is C46H89N2O7P. The van der Waals surface area contributed by atoms with E-state index < -0.39 is 38.6 Å². The summed E-state index contributed by atoms with van der Waals surface area (Å²) in [6, 6.07) is -0.986. The van der Waals surface area contributed by atoms with Crippen LogP contribution in [0.1, 0.15) is 213 Å². The molecule has 9 nitrogen and oxygen atoms in total. The minimum atomic E-state index is -4.40. The van der Waals surface area contributed by atoms with Gasteiger partial charge >= 0.3 is 7.82 Å². The Bertz CT molecular complexity index is 993. The number of nitrogens with one attached hydrogen (secondary N) is 1. The van der Waals surface area contributed by atoms with Crippen LogP contribution in [0.5, 0.6) is 0 Å². The minimum absolute atomic E-state index is 0.0469. The van der Waals surface area contributed by atoms with Crippen molar-refractivity contribution >= 4 is 13.7 Å². The third kappa shape index (κ3) is 39.5. The molecule has 0 aliphatic heterocycles. The van der Waals surface area contributed by atoms with E-state index in [0.717, 1.165) is 64.2 Å². The van der Waals surface area contributed by atoms with Gasteiger partial charge in [0.15, 0.2) is 0 Å². The lowest BCUT2D eigenvalue weighted by molar-refractivity contribution is -0.124. The minimum Gasteiger partial charge on any atom is -0.393 e. The number of aliphatic hydroxyl groups is 2. The van der Waals surface area contributed by atoms with E-state index in [4.69, 9.17) is 14.8 Å². The average molecular weight is 813 g/mol. The number of allylic oxidation sites excluding steroid dienone is 5. The van der Waals surface area contributed by atoms with Crippen LogP contribution in [0.15, 0.2) is 36.5 Å². The number of nitrogens with two attached hydrogens (primary N) is 1. The normalized spacial score (nSPS) is 14.9. The molecule has 6 N–H and O–H groups in total. The second-order valence-corrected chi connectivity index (χ2v) is 17.3. The summed E-state index contributed by atoms with van der Waals surface area (Å²) < 4.78 is 22.1. The average Bonchev–Trinajstić information content (AvgIpc) is 3.17. The Kier molecular flexibility index (Phi) is 40.8. The topological polar surface area (TPSA) is 151 Å². The number of rotatable bonds is 43. The fourth-order valence-corrected chi connectivity index (χ4v) is 7.50. The lowest BCUT2D eigenvalue weighted by Crippen LogP contribution is -2.46. The lowest BCUT2D eigenvalue weighted by atomic mass is 10.0. The van der Waals surface area contributed by atoms with Gasteiger partial charge in [0, 0.05) is 6.54 Å². The summed E-state index contributed by atoms with van der Waals surface area (Å²) in [5, 5.41) is 24.1. The van der Waals surface area contributed by atoms with Crippen LogP contribution < -0.4 is 11.1 Å². The van der Waals surface area contributed by atoms with E-state index in [1.807, 2.05) is 6.08 Å². The third-order valence-corrected chi connectivity index (χ3v) is 11.2. The van der Waals surface area contributed by atoms with Gasteiger partial charge in [-0.25, -0.2) is 4.57 Å². The van der Waals surface area contributed by atoms with Gasteiger partial charge in [-0.15, -0.1) is 0 Å². The molecule has 4 atom stereocenters. The first-order chi connectivity index (χ1) is 27.3. The number of unbranched alkanes of at least 4 members (excludes halogenated alkanes) is 25. The molecule has 0 bridgehead atoms. The molecule has 0 spiro atoms. The van der Waals surface area contributed by atoms with E-state index in [0.29, 0.717) is 6.42 Å². The molecule has 0 fully saturated rings. The molecule has 0 aromatic rings. The number of hydrogen-bond acceptors (Lipinski definition) is 7. The van der Waals surface area contributed by atoms with Crippen LogP contribution in [0.2, 0.25) is 0 Å². The zero-order chi connectivity index (χ0) is 41.2. The third-order valence-electron chi connectivity index (χ3n) is 10.3. The van der Waals surface area contributed by atoms with Gasteiger partial charge in [-0.3, -0.25) is 13.8 Å². The van der Waals surface area contributed by atoms with Crippen LogP contribution in [0.25, 0.3) is 0 Å². The first-order valence-corrected chi connectivity index (χ1v) is 24.7. The highest BCUT2D eigenvalue weighted by Gasteiger charge is 2.27. The number of phosphoric acid groups is 1. The molecule has 330 valence electrons. The van der Waals surface area contributed by atoms with E-state index in [9.17, 15) is 24.5 Å². The maximum absolute atomic E-state index is 12.8. The maximum Gasteiger partial charge on any atom is 0.472 e. The molecule has 10 heteroatoms. The van der Waals surface area contributed by atoms with Crippen molar-refractivity contribution in [3.8, 4) is 0 Å². The van der Waals surface area contributed by atoms with Crippen molar-refractivity contribution in [2.24, 2.45) is 5.73 Å². The van der Waals surface area contributed by atoms with Crippen LogP contribution in [-0.2, 0) is 18.4 Å². The molecule has 0 aromatic carbocycles. The number of phosphoric ester groups is 1. The Labute approximate surface area is 344 Å². The molecule has 0 heterocycles. The number of carbonyl (C=O) groups excluding carboxylic acids is 1. The predicted octanol–water partition coefficient (Wildman–Crippen LogP) is 12.1. The molecule has 0 radical (unpaired) electrons. The molecule has 0 rings (SSSR count). The van der Waals surface area contributed by atoms with Gasteiger partial charge in [-0.05, 0) is 51.4 Å². The molecule has 1 amide bonds. The number of carbonyl (C=O) groups is 1. The predicted molar refractivity (Wildman–Crippen MR) is 237 cm³/mol. The Balaban J connectivity index is 4.25. The van der Waals surface area contributed by atoms with Crippen LogP contribution in [0.3, 0.4) is 0 Å². The number of amides is 1. The SMILES string of the molecule is CCCCCCCCCCC/C=C\C/C=C\CCCCCCCC(O)CC(=O)NC(COP(=O)(O)OCCN)C(O)/C=C/CCCCCCCCCCCCC. The summed E-state index contributed by atoms with van der Waals surface area (Å²) in [5.74, 6) is -0.454. The molecule has 0 aliphatic rings. The van der Waals surface area contributed by atoms with Gasteiger partial charge in [-0.2, -0.15) is 0 Å². The van der Waals surface area contributed by atoms with Gasteiger partial charge in [-0.1, -0.05) is 192 Å². The Hall–Kier alpha value is -1.32. The largest absolute Gasteiger partial charge is 0.472 e. The van der Waals surface area contributed by atoms with Crippen LogP contribution in [0, 0.1) is 0 Å². The van der Waals surface area contributed by atoms with E-state index in [2.05, 4.69) is 43.5 Å². The van der Waals surface area contributed by atoms with Crippen molar-refractivity contribution in [2.45, 2.75) is 231 Å². The summed E-state index contributed by atoms with van der Waals surface area (Å²) in [5.41, 5.74) is 5.36. The fourth-order valence-electron chi connectivity index (χ4n) is 6.74. The van der Waals surface area contributed by atoms with Gasteiger partial charge in [0.05, 0.1) is 37.9 Å². The summed E-state index contributed by atoms with van der Waals surface area (Å²) in [6.07, 6.45) is 46.6. The van der Waals surface area contributed by atoms with Crippen LogP contribution in [0.4, 0.5) is 0 Å². The van der Waals surface area contributed by atoms with E-state index in [1.54, 1.807) is 6.08 Å². The monoisotopic (exact) mass is 813 g/mol. The highest BCUT2D eigenvalue weighted by atomic mass is 31.2. The molecule has 0 saturated heterocycles. The second kappa shape index (κ2) is 41.8. The summed E-state index contributed by atoms with van der Waals surface area (Å²) in [4.78, 5) is 22.8. The molecular weight excluding hydrogens is 723 g/mol. The summed E-state index contributed by atoms with van der Waals surface area (Å²) in [6.45, 7) is 3.96. The van der Waals surface area contributed by atoms with Gasteiger partial charge < -0.3 is 26.2 Å². The maximum atomic E-state index is 12.8. The summed E-state index contributed by atoms with van der Waals surface area (Å²) in [7, 11) is -4.40. The molecule has 4 unspecified atom stereocenters. The molecule has 56 heavy (non-hydrogen) atoms. The molecule has 0 aromatic heterocycles. The van der Waals surface area contributed by atoms with E-state index >= 15 is 0 Å². The quantitative estimate of drug-likeness (QED) is 0.0232. The zero-order valence-corrected chi connectivity index (χ0v) is 37.1. The van der Waals surface area contributed by atoms with Crippen molar-refractivity contribution in [1.82, 2.24) is 5.32 Å². The Morgan fingerprint density at radius 1 is 0.625 bits per heavy atom. The van der Waals surface area contributed by atoms with Gasteiger partial charge in [0.1, 0.15) is 0 Å². The second-order valence-electron chi connectivity index (χ2n) is 15.8. The number of hydrogen-bond donors (Lipinski definition) is 5. The Morgan fingerprint density at radius 2 is 1.05 bits per heavy atom. The first kappa shape index (κ1) is 54.7. The first-order valence-electron chi connectivity index (χ1n) is 23.2. The van der Waals surface area contributed by atoms with Gasteiger partial charge in [0.25, 0.3) is 0 Å². The molecule has 0 aliphatic carbocycles. The standard InChI is InChI=1S/C46H89N2O7P/c1-3-5-7-9-11-13-15-17-18-19-20-21-22-23-24-26-27-29-31-33-35-37-43(49)41-46(51)48-44(42-55-56(52,53)54-40-39-47)45(50)38-36-34-32-30-28-25-16-14-12-10-8-6-4-2/h20-21,23-24,36,38,43-45,49-50H,3-19,22,25-35,37,39-42,47H2,1-2H3,(H,48,51)(H,52,53)/b21-20-,24-23-,38-36+. The van der Waals surface area contributed by atoms with Crippen molar-refractivity contribution in [2.75, 3.05) is 19.8 Å². The van der Waals surface area contributed by atoms with Crippen LogP contribution >= 0.6 is 7.82 Å².